The van der Waals surface area contributed by atoms with E-state index in [0.717, 1.165) is 23.3 Å². The largest absolute Gasteiger partial charge is 0.356 e. The van der Waals surface area contributed by atoms with E-state index >= 15 is 0 Å². The van der Waals surface area contributed by atoms with Crippen LogP contribution in [0.2, 0.25) is 5.02 Å². The van der Waals surface area contributed by atoms with E-state index in [4.69, 9.17) is 11.6 Å². The standard InChI is InChI=1S/C17H19ClN4O2S/c1-22-10-11(9-20-22)3-2-6-19-16(23)8-15-17(24)21-13-7-12(18)4-5-14(13)25-15/h4-5,7,9-10,15H,2-3,6,8H2,1H3,(H,19,23)(H,21,24). The number of hydrogen-bond acceptors (Lipinski definition) is 4. The third kappa shape index (κ3) is 4.76. The molecule has 1 aromatic carbocycles. The fourth-order valence-corrected chi connectivity index (χ4v) is 3.88. The molecule has 1 aromatic heterocycles. The first-order valence-electron chi connectivity index (χ1n) is 8.02. The summed E-state index contributed by atoms with van der Waals surface area (Å²) in [5.74, 6) is -0.276. The van der Waals surface area contributed by atoms with Crippen LogP contribution in [0, 0.1) is 0 Å². The summed E-state index contributed by atoms with van der Waals surface area (Å²) in [4.78, 5) is 25.2. The summed E-state index contributed by atoms with van der Waals surface area (Å²) in [6, 6.07) is 5.36. The molecule has 0 aliphatic carbocycles. The first-order valence-corrected chi connectivity index (χ1v) is 9.28. The third-order valence-corrected chi connectivity index (χ3v) is 5.36. The minimum absolute atomic E-state index is 0.115. The molecule has 2 amide bonds. The van der Waals surface area contributed by atoms with Gasteiger partial charge >= 0.3 is 0 Å². The summed E-state index contributed by atoms with van der Waals surface area (Å²) in [5.41, 5.74) is 1.85. The predicted octanol–water partition coefficient (Wildman–Crippen LogP) is 2.63. The first kappa shape index (κ1) is 17.8. The Balaban J connectivity index is 1.44. The second-order valence-electron chi connectivity index (χ2n) is 5.92. The lowest BCUT2D eigenvalue weighted by Gasteiger charge is -2.23. The Morgan fingerprint density at radius 1 is 1.48 bits per heavy atom. The van der Waals surface area contributed by atoms with Gasteiger partial charge in [-0.15, -0.1) is 11.8 Å². The van der Waals surface area contributed by atoms with Crippen molar-refractivity contribution >= 4 is 40.9 Å². The molecular formula is C17H19ClN4O2S. The van der Waals surface area contributed by atoms with Gasteiger partial charge in [0.05, 0.1) is 17.1 Å². The third-order valence-electron chi connectivity index (χ3n) is 3.85. The van der Waals surface area contributed by atoms with Crippen LogP contribution in [-0.4, -0.2) is 33.4 Å². The van der Waals surface area contributed by atoms with Crippen molar-refractivity contribution in [3.8, 4) is 0 Å². The van der Waals surface area contributed by atoms with Gasteiger partial charge in [-0.3, -0.25) is 14.3 Å². The number of carbonyl (C=O) groups is 2. The molecule has 0 radical (unpaired) electrons. The Hall–Kier alpha value is -1.99. The Morgan fingerprint density at radius 2 is 2.32 bits per heavy atom. The van der Waals surface area contributed by atoms with E-state index in [-0.39, 0.29) is 18.2 Å². The van der Waals surface area contributed by atoms with Crippen LogP contribution >= 0.6 is 23.4 Å². The van der Waals surface area contributed by atoms with Gasteiger partial charge in [0.25, 0.3) is 0 Å². The monoisotopic (exact) mass is 378 g/mol. The fourth-order valence-electron chi connectivity index (χ4n) is 2.62. The molecule has 0 saturated heterocycles. The molecule has 0 spiro atoms. The molecule has 1 aliphatic heterocycles. The van der Waals surface area contributed by atoms with Crippen molar-refractivity contribution in [1.82, 2.24) is 15.1 Å². The number of fused-ring (bicyclic) bond motifs is 1. The number of nitrogens with one attached hydrogen (secondary N) is 2. The molecule has 0 saturated carbocycles. The molecule has 25 heavy (non-hydrogen) atoms. The molecule has 3 rings (SSSR count). The van der Waals surface area contributed by atoms with E-state index in [1.165, 1.54) is 11.8 Å². The van der Waals surface area contributed by atoms with Gasteiger partial charge in [-0.05, 0) is 36.6 Å². The molecule has 8 heteroatoms. The average molecular weight is 379 g/mol. The summed E-state index contributed by atoms with van der Waals surface area (Å²) in [6.45, 7) is 0.582. The van der Waals surface area contributed by atoms with Gasteiger partial charge in [-0.25, -0.2) is 0 Å². The number of thioether (sulfide) groups is 1. The van der Waals surface area contributed by atoms with Crippen molar-refractivity contribution in [2.75, 3.05) is 11.9 Å². The number of carbonyl (C=O) groups excluding carboxylic acids is 2. The quantitative estimate of drug-likeness (QED) is 0.757. The smallest absolute Gasteiger partial charge is 0.238 e. The Morgan fingerprint density at radius 3 is 3.08 bits per heavy atom. The number of benzene rings is 1. The zero-order valence-corrected chi connectivity index (χ0v) is 15.4. The number of amides is 2. The second kappa shape index (κ2) is 7.93. The van der Waals surface area contributed by atoms with Crippen LogP contribution in [0.25, 0.3) is 0 Å². The van der Waals surface area contributed by atoms with E-state index in [2.05, 4.69) is 15.7 Å². The number of halogens is 1. The van der Waals surface area contributed by atoms with E-state index in [1.807, 2.05) is 25.5 Å². The molecule has 132 valence electrons. The van der Waals surface area contributed by atoms with Crippen LogP contribution in [0.1, 0.15) is 18.4 Å². The van der Waals surface area contributed by atoms with Crippen molar-refractivity contribution in [3.63, 3.8) is 0 Å². The zero-order valence-electron chi connectivity index (χ0n) is 13.8. The molecule has 1 unspecified atom stereocenters. The topological polar surface area (TPSA) is 76.0 Å². The van der Waals surface area contributed by atoms with E-state index in [1.54, 1.807) is 16.8 Å². The number of aromatic nitrogens is 2. The van der Waals surface area contributed by atoms with Crippen molar-refractivity contribution in [3.05, 3.63) is 41.2 Å². The van der Waals surface area contributed by atoms with Gasteiger partial charge in [0.15, 0.2) is 0 Å². The van der Waals surface area contributed by atoms with E-state index < -0.39 is 5.25 Å². The SMILES string of the molecule is Cn1cc(CCCNC(=O)CC2Sc3ccc(Cl)cc3NC2=O)cn1. The van der Waals surface area contributed by atoms with Gasteiger partial charge < -0.3 is 10.6 Å². The average Bonchev–Trinajstić information content (AvgIpc) is 2.98. The van der Waals surface area contributed by atoms with Gasteiger partial charge in [0.2, 0.25) is 11.8 Å². The number of anilines is 1. The molecular weight excluding hydrogens is 360 g/mol. The molecule has 1 aliphatic rings. The highest BCUT2D eigenvalue weighted by molar-refractivity contribution is 8.01. The highest BCUT2D eigenvalue weighted by Crippen LogP contribution is 2.38. The van der Waals surface area contributed by atoms with Crippen LogP contribution in [0.5, 0.6) is 0 Å². The maximum atomic E-state index is 12.2. The van der Waals surface area contributed by atoms with Crippen molar-refractivity contribution in [2.45, 2.75) is 29.4 Å². The Bertz CT molecular complexity index is 793. The normalized spacial score (nSPS) is 16.2. The predicted molar refractivity (Wildman–Crippen MR) is 98.9 cm³/mol. The molecule has 0 bridgehead atoms. The van der Waals surface area contributed by atoms with Crippen molar-refractivity contribution < 1.29 is 9.59 Å². The minimum Gasteiger partial charge on any atom is -0.356 e. The lowest BCUT2D eigenvalue weighted by molar-refractivity contribution is -0.124. The van der Waals surface area contributed by atoms with Crippen LogP contribution in [0.4, 0.5) is 5.69 Å². The Kier molecular flexibility index (Phi) is 5.65. The van der Waals surface area contributed by atoms with Crippen molar-refractivity contribution in [2.24, 2.45) is 7.05 Å². The molecule has 2 heterocycles. The summed E-state index contributed by atoms with van der Waals surface area (Å²) >= 11 is 7.33. The van der Waals surface area contributed by atoms with Gasteiger partial charge in [-0.1, -0.05) is 11.6 Å². The second-order valence-corrected chi connectivity index (χ2v) is 7.60. The summed E-state index contributed by atoms with van der Waals surface area (Å²) in [6.07, 6.45) is 5.65. The fraction of sp³-hybridized carbons (Fsp3) is 0.353. The number of aryl methyl sites for hydroxylation is 2. The van der Waals surface area contributed by atoms with Crippen LogP contribution in [-0.2, 0) is 23.1 Å². The lowest BCUT2D eigenvalue weighted by atomic mass is 10.2. The first-order chi connectivity index (χ1) is 12.0. The van der Waals surface area contributed by atoms with Crippen LogP contribution in [0.15, 0.2) is 35.5 Å². The highest BCUT2D eigenvalue weighted by Gasteiger charge is 2.28. The molecule has 2 aromatic rings. The van der Waals surface area contributed by atoms with Crippen molar-refractivity contribution in [1.29, 1.82) is 0 Å². The van der Waals surface area contributed by atoms with Crippen LogP contribution < -0.4 is 10.6 Å². The molecule has 0 fully saturated rings. The highest BCUT2D eigenvalue weighted by atomic mass is 35.5. The van der Waals surface area contributed by atoms with E-state index in [0.29, 0.717) is 17.3 Å². The van der Waals surface area contributed by atoms with Gasteiger partial charge in [-0.2, -0.15) is 5.10 Å². The summed E-state index contributed by atoms with van der Waals surface area (Å²) in [7, 11) is 1.88. The lowest BCUT2D eigenvalue weighted by Crippen LogP contribution is -2.35. The summed E-state index contributed by atoms with van der Waals surface area (Å²) in [5, 5.41) is 9.96. The zero-order chi connectivity index (χ0) is 17.8. The molecule has 2 N–H and O–H groups in total. The molecule has 6 nitrogen and oxygen atoms in total. The minimum atomic E-state index is -0.424. The van der Waals surface area contributed by atoms with Gasteiger partial charge in [0, 0.05) is 36.1 Å². The number of rotatable bonds is 6. The Labute approximate surface area is 155 Å². The maximum Gasteiger partial charge on any atom is 0.238 e. The van der Waals surface area contributed by atoms with Crippen LogP contribution in [0.3, 0.4) is 0 Å². The number of hydrogen-bond donors (Lipinski definition) is 2. The number of nitrogens with zero attached hydrogens (tertiary/aromatic N) is 2. The maximum absolute atomic E-state index is 12.2. The summed E-state index contributed by atoms with van der Waals surface area (Å²) < 4.78 is 1.76. The van der Waals surface area contributed by atoms with Gasteiger partial charge in [0.1, 0.15) is 0 Å². The van der Waals surface area contributed by atoms with E-state index in [9.17, 15) is 9.59 Å². The molecule has 1 atom stereocenters.